The van der Waals surface area contributed by atoms with E-state index in [1.54, 1.807) is 18.3 Å². The summed E-state index contributed by atoms with van der Waals surface area (Å²) in [5.74, 6) is 0.580. The maximum atomic E-state index is 6.04. The second-order valence-electron chi connectivity index (χ2n) is 3.16. The molecular formula is C10H7BrClN3S. The number of H-pyrrole nitrogens is 1. The summed E-state index contributed by atoms with van der Waals surface area (Å²) in [6.45, 7) is 1.90. The van der Waals surface area contributed by atoms with E-state index < -0.39 is 0 Å². The summed E-state index contributed by atoms with van der Waals surface area (Å²) in [6.07, 6.45) is 1.66. The van der Waals surface area contributed by atoms with Gasteiger partial charge in [-0.05, 0) is 35.0 Å². The van der Waals surface area contributed by atoms with Crippen molar-refractivity contribution in [3.05, 3.63) is 38.2 Å². The van der Waals surface area contributed by atoms with Crippen LogP contribution in [0.5, 0.6) is 0 Å². The molecule has 2 aromatic rings. The van der Waals surface area contributed by atoms with Crippen LogP contribution in [0.3, 0.4) is 0 Å². The fourth-order valence-electron chi connectivity index (χ4n) is 1.24. The summed E-state index contributed by atoms with van der Waals surface area (Å²) in [7, 11) is 0. The van der Waals surface area contributed by atoms with Crippen molar-refractivity contribution in [1.29, 1.82) is 0 Å². The fourth-order valence-corrected chi connectivity index (χ4v) is 1.89. The topological polar surface area (TPSA) is 41.6 Å². The molecule has 2 rings (SSSR count). The molecule has 0 fully saturated rings. The molecule has 82 valence electrons. The first-order valence-corrected chi connectivity index (χ1v) is 6.05. The zero-order chi connectivity index (χ0) is 11.7. The van der Waals surface area contributed by atoms with E-state index in [9.17, 15) is 0 Å². The normalized spacial score (nSPS) is 10.4. The van der Waals surface area contributed by atoms with Crippen LogP contribution in [-0.2, 0) is 0 Å². The van der Waals surface area contributed by atoms with Crippen LogP contribution in [0.4, 0.5) is 0 Å². The zero-order valence-corrected chi connectivity index (χ0v) is 11.4. The van der Waals surface area contributed by atoms with E-state index in [1.165, 1.54) is 0 Å². The quantitative estimate of drug-likeness (QED) is 0.811. The van der Waals surface area contributed by atoms with Crippen molar-refractivity contribution < 1.29 is 0 Å². The van der Waals surface area contributed by atoms with E-state index in [-0.39, 0.29) is 0 Å². The molecule has 0 bridgehead atoms. The standard InChI is InChI=1S/C10H7BrClN3S/c1-5-7(11)10(16)15-9(14-5)8-6(12)3-2-4-13-8/h2-4H,1H3,(H,14,15,16). The Labute approximate surface area is 111 Å². The first-order chi connectivity index (χ1) is 7.59. The van der Waals surface area contributed by atoms with Crippen LogP contribution in [0.25, 0.3) is 11.5 Å². The monoisotopic (exact) mass is 315 g/mol. The van der Waals surface area contributed by atoms with E-state index in [2.05, 4.69) is 30.9 Å². The Kier molecular flexibility index (Phi) is 3.37. The van der Waals surface area contributed by atoms with Crippen molar-refractivity contribution >= 4 is 39.7 Å². The smallest absolute Gasteiger partial charge is 0.159 e. The SMILES string of the molecule is Cc1[nH]c(-c2ncccc2Cl)nc(=S)c1Br. The molecule has 16 heavy (non-hydrogen) atoms. The molecule has 0 spiro atoms. The van der Waals surface area contributed by atoms with Crippen LogP contribution in [0, 0.1) is 11.6 Å². The number of halogens is 2. The average Bonchev–Trinajstić information content (AvgIpc) is 2.26. The van der Waals surface area contributed by atoms with Gasteiger partial charge in [-0.15, -0.1) is 0 Å². The Bertz CT molecular complexity index is 597. The van der Waals surface area contributed by atoms with Gasteiger partial charge < -0.3 is 4.98 Å². The summed E-state index contributed by atoms with van der Waals surface area (Å²) < 4.78 is 1.28. The van der Waals surface area contributed by atoms with Gasteiger partial charge in [0.2, 0.25) is 0 Å². The van der Waals surface area contributed by atoms with Gasteiger partial charge >= 0.3 is 0 Å². The van der Waals surface area contributed by atoms with Crippen LogP contribution >= 0.6 is 39.7 Å². The molecule has 0 unspecified atom stereocenters. The number of pyridine rings is 1. The summed E-state index contributed by atoms with van der Waals surface area (Å²) in [5, 5.41) is 0.544. The maximum Gasteiger partial charge on any atom is 0.159 e. The summed E-state index contributed by atoms with van der Waals surface area (Å²) in [4.78, 5) is 11.5. The molecule has 2 heterocycles. The predicted octanol–water partition coefficient (Wildman–Crippen LogP) is 3.93. The van der Waals surface area contributed by atoms with Crippen LogP contribution < -0.4 is 0 Å². The Morgan fingerprint density at radius 3 is 2.88 bits per heavy atom. The predicted molar refractivity (Wildman–Crippen MR) is 70.1 cm³/mol. The summed E-state index contributed by atoms with van der Waals surface area (Å²) in [6, 6.07) is 3.53. The molecule has 0 saturated carbocycles. The van der Waals surface area contributed by atoms with Crippen molar-refractivity contribution in [2.75, 3.05) is 0 Å². The molecule has 0 aromatic carbocycles. The molecule has 2 aromatic heterocycles. The van der Waals surface area contributed by atoms with Crippen molar-refractivity contribution in [2.24, 2.45) is 0 Å². The molecule has 3 nitrogen and oxygen atoms in total. The first-order valence-electron chi connectivity index (χ1n) is 4.47. The van der Waals surface area contributed by atoms with Crippen molar-refractivity contribution in [1.82, 2.24) is 15.0 Å². The molecule has 1 N–H and O–H groups in total. The molecule has 0 amide bonds. The van der Waals surface area contributed by atoms with Gasteiger partial charge in [-0.3, -0.25) is 4.98 Å². The van der Waals surface area contributed by atoms with Crippen molar-refractivity contribution in [2.45, 2.75) is 6.92 Å². The van der Waals surface area contributed by atoms with E-state index in [1.807, 2.05) is 6.92 Å². The minimum absolute atomic E-state index is 0.493. The third-order valence-corrected chi connectivity index (χ3v) is 3.85. The average molecular weight is 317 g/mol. The van der Waals surface area contributed by atoms with Crippen LogP contribution in [0.1, 0.15) is 5.69 Å². The van der Waals surface area contributed by atoms with Gasteiger partial charge in [0.1, 0.15) is 10.3 Å². The van der Waals surface area contributed by atoms with Crippen LogP contribution in [0.2, 0.25) is 5.02 Å². The highest BCUT2D eigenvalue weighted by molar-refractivity contribution is 9.10. The molecule has 0 aliphatic rings. The number of hydrogen-bond acceptors (Lipinski definition) is 3. The van der Waals surface area contributed by atoms with Crippen molar-refractivity contribution in [3.63, 3.8) is 0 Å². The number of aromatic nitrogens is 3. The highest BCUT2D eigenvalue weighted by Crippen LogP contribution is 2.24. The second kappa shape index (κ2) is 4.61. The summed E-state index contributed by atoms with van der Waals surface area (Å²) >= 11 is 14.5. The van der Waals surface area contributed by atoms with Gasteiger partial charge in [-0.1, -0.05) is 23.8 Å². The van der Waals surface area contributed by atoms with Gasteiger partial charge in [0.05, 0.1) is 9.50 Å². The highest BCUT2D eigenvalue weighted by atomic mass is 79.9. The van der Waals surface area contributed by atoms with Gasteiger partial charge in [0.25, 0.3) is 0 Å². The third kappa shape index (κ3) is 2.16. The Balaban J connectivity index is 2.67. The van der Waals surface area contributed by atoms with Gasteiger partial charge in [-0.25, -0.2) is 4.98 Å². The maximum absolute atomic E-state index is 6.04. The molecule has 0 aliphatic carbocycles. The minimum Gasteiger partial charge on any atom is -0.341 e. The number of nitrogens with one attached hydrogen (secondary N) is 1. The molecular weight excluding hydrogens is 310 g/mol. The first kappa shape index (κ1) is 11.7. The van der Waals surface area contributed by atoms with Gasteiger partial charge in [0.15, 0.2) is 5.82 Å². The van der Waals surface area contributed by atoms with Crippen molar-refractivity contribution in [3.8, 4) is 11.5 Å². The summed E-state index contributed by atoms with van der Waals surface area (Å²) in [5.41, 5.74) is 1.50. The zero-order valence-electron chi connectivity index (χ0n) is 8.29. The number of nitrogens with zero attached hydrogens (tertiary/aromatic N) is 2. The van der Waals surface area contributed by atoms with Crippen LogP contribution in [-0.4, -0.2) is 15.0 Å². The third-order valence-electron chi connectivity index (χ3n) is 2.02. The Hall–Kier alpha value is -0.780. The second-order valence-corrected chi connectivity index (χ2v) is 4.75. The van der Waals surface area contributed by atoms with Gasteiger partial charge in [-0.2, -0.15) is 0 Å². The fraction of sp³-hybridized carbons (Fsp3) is 0.100. The van der Waals surface area contributed by atoms with E-state index in [0.717, 1.165) is 10.2 Å². The number of aromatic amines is 1. The number of rotatable bonds is 1. The lowest BCUT2D eigenvalue weighted by Gasteiger charge is -2.05. The van der Waals surface area contributed by atoms with E-state index in [0.29, 0.717) is 21.2 Å². The Morgan fingerprint density at radius 1 is 1.50 bits per heavy atom. The lowest BCUT2D eigenvalue weighted by molar-refractivity contribution is 1.06. The molecule has 0 saturated heterocycles. The Morgan fingerprint density at radius 2 is 2.25 bits per heavy atom. The molecule has 0 atom stereocenters. The molecule has 0 radical (unpaired) electrons. The minimum atomic E-state index is 0.493. The lowest BCUT2D eigenvalue weighted by Crippen LogP contribution is -1.96. The highest BCUT2D eigenvalue weighted by Gasteiger charge is 2.09. The van der Waals surface area contributed by atoms with E-state index in [4.69, 9.17) is 23.8 Å². The largest absolute Gasteiger partial charge is 0.341 e. The molecule has 0 aliphatic heterocycles. The van der Waals surface area contributed by atoms with Gasteiger partial charge in [0, 0.05) is 11.9 Å². The number of aryl methyl sites for hydroxylation is 1. The number of hydrogen-bond donors (Lipinski definition) is 1. The van der Waals surface area contributed by atoms with E-state index >= 15 is 0 Å². The molecule has 6 heteroatoms. The lowest BCUT2D eigenvalue weighted by atomic mass is 10.3. The van der Waals surface area contributed by atoms with Crippen LogP contribution in [0.15, 0.2) is 22.8 Å².